The zero-order valence-electron chi connectivity index (χ0n) is 12.1. The van der Waals surface area contributed by atoms with Gasteiger partial charge in [-0.25, -0.2) is 0 Å². The highest BCUT2D eigenvalue weighted by molar-refractivity contribution is 5.00. The Bertz CT molecular complexity index is 437. The van der Waals surface area contributed by atoms with E-state index in [1.54, 1.807) is 0 Å². The molecular weight excluding hydrogens is 256 g/mol. The molecule has 0 aromatic carbocycles. The summed E-state index contributed by atoms with van der Waals surface area (Å²) < 4.78 is 11.2. The number of likely N-dealkylation sites (N-methyl/N-ethyl adjacent to an activating group) is 1. The van der Waals surface area contributed by atoms with Crippen LogP contribution in [0.25, 0.3) is 0 Å². The summed E-state index contributed by atoms with van der Waals surface area (Å²) >= 11 is 0. The summed E-state index contributed by atoms with van der Waals surface area (Å²) in [5.74, 6) is 1.76. The molecule has 0 radical (unpaired) electrons. The Kier molecular flexibility index (Phi) is 4.33. The molecule has 112 valence electrons. The van der Waals surface area contributed by atoms with Crippen molar-refractivity contribution in [1.82, 2.24) is 15.0 Å². The molecule has 0 bridgehead atoms. The summed E-state index contributed by atoms with van der Waals surface area (Å²) in [4.78, 5) is 6.92. The van der Waals surface area contributed by atoms with Gasteiger partial charge in [-0.05, 0) is 25.8 Å². The van der Waals surface area contributed by atoms with E-state index in [4.69, 9.17) is 15.0 Å². The number of nitrogens with two attached hydrogens (primary N) is 1. The van der Waals surface area contributed by atoms with Gasteiger partial charge in [0.25, 0.3) is 0 Å². The maximum absolute atomic E-state index is 6.03. The molecular formula is C14H24N4O2. The number of ether oxygens (including phenoxy) is 1. The van der Waals surface area contributed by atoms with Gasteiger partial charge < -0.3 is 15.0 Å². The highest BCUT2D eigenvalue weighted by Crippen LogP contribution is 2.32. The Morgan fingerprint density at radius 3 is 3.10 bits per heavy atom. The molecule has 1 saturated carbocycles. The largest absolute Gasteiger partial charge is 0.367 e. The van der Waals surface area contributed by atoms with Crippen LogP contribution in [0.15, 0.2) is 4.52 Å². The summed E-state index contributed by atoms with van der Waals surface area (Å²) in [6.45, 7) is 5.75. The van der Waals surface area contributed by atoms with E-state index in [2.05, 4.69) is 22.0 Å². The predicted octanol–water partition coefficient (Wildman–Crippen LogP) is 1.45. The van der Waals surface area contributed by atoms with Gasteiger partial charge in [-0.3, -0.25) is 4.90 Å². The van der Waals surface area contributed by atoms with Crippen LogP contribution in [0.2, 0.25) is 0 Å². The molecule has 3 rings (SSSR count). The van der Waals surface area contributed by atoms with Crippen molar-refractivity contribution in [3.05, 3.63) is 11.7 Å². The average Bonchev–Trinajstić information content (AvgIpc) is 2.97. The number of aromatic nitrogens is 2. The van der Waals surface area contributed by atoms with Gasteiger partial charge in [0.15, 0.2) is 0 Å². The molecule has 1 saturated heterocycles. The fourth-order valence-electron chi connectivity index (χ4n) is 3.14. The number of nitrogens with zero attached hydrogens (tertiary/aromatic N) is 3. The van der Waals surface area contributed by atoms with Crippen LogP contribution in [0.1, 0.15) is 56.3 Å². The molecule has 1 aromatic rings. The summed E-state index contributed by atoms with van der Waals surface area (Å²) in [7, 11) is 0. The van der Waals surface area contributed by atoms with Gasteiger partial charge in [0.2, 0.25) is 11.7 Å². The van der Waals surface area contributed by atoms with E-state index in [1.807, 2.05) is 0 Å². The SMILES string of the molecule is CCN1CCOC(c2noc(C3CCCC(N)C3)n2)C1. The van der Waals surface area contributed by atoms with E-state index in [0.717, 1.165) is 57.8 Å². The average molecular weight is 280 g/mol. The van der Waals surface area contributed by atoms with Crippen molar-refractivity contribution in [2.75, 3.05) is 26.2 Å². The third-order valence-corrected chi connectivity index (χ3v) is 4.41. The van der Waals surface area contributed by atoms with Crippen molar-refractivity contribution in [2.24, 2.45) is 5.73 Å². The topological polar surface area (TPSA) is 77.4 Å². The molecule has 1 aromatic heterocycles. The molecule has 2 aliphatic rings. The van der Waals surface area contributed by atoms with E-state index in [-0.39, 0.29) is 12.1 Å². The first kappa shape index (κ1) is 14.0. The van der Waals surface area contributed by atoms with Crippen molar-refractivity contribution in [2.45, 2.75) is 50.7 Å². The van der Waals surface area contributed by atoms with Crippen molar-refractivity contribution in [1.29, 1.82) is 0 Å². The van der Waals surface area contributed by atoms with Gasteiger partial charge in [-0.2, -0.15) is 4.98 Å². The Balaban J connectivity index is 1.66. The number of rotatable bonds is 3. The Morgan fingerprint density at radius 1 is 1.40 bits per heavy atom. The molecule has 2 heterocycles. The van der Waals surface area contributed by atoms with Crippen LogP contribution in [0.3, 0.4) is 0 Å². The maximum atomic E-state index is 6.03. The molecule has 1 aliphatic heterocycles. The van der Waals surface area contributed by atoms with Crippen molar-refractivity contribution < 1.29 is 9.26 Å². The van der Waals surface area contributed by atoms with Gasteiger partial charge >= 0.3 is 0 Å². The van der Waals surface area contributed by atoms with E-state index >= 15 is 0 Å². The van der Waals surface area contributed by atoms with E-state index in [9.17, 15) is 0 Å². The van der Waals surface area contributed by atoms with Gasteiger partial charge in [0, 0.05) is 25.0 Å². The van der Waals surface area contributed by atoms with Crippen LogP contribution in [-0.2, 0) is 4.74 Å². The highest BCUT2D eigenvalue weighted by Gasteiger charge is 2.29. The molecule has 2 fully saturated rings. The Morgan fingerprint density at radius 2 is 2.30 bits per heavy atom. The Hall–Kier alpha value is -0.980. The van der Waals surface area contributed by atoms with Crippen LogP contribution in [-0.4, -0.2) is 47.3 Å². The second-order valence-corrected chi connectivity index (χ2v) is 5.87. The first-order valence-corrected chi connectivity index (χ1v) is 7.69. The molecule has 2 N–H and O–H groups in total. The lowest BCUT2D eigenvalue weighted by atomic mass is 9.86. The van der Waals surface area contributed by atoms with Crippen molar-refractivity contribution in [3.8, 4) is 0 Å². The molecule has 3 unspecified atom stereocenters. The standard InChI is InChI=1S/C14H24N4O2/c1-2-18-6-7-19-12(9-18)13-16-14(20-17-13)10-4-3-5-11(15)8-10/h10-12H,2-9,15H2,1H3. The smallest absolute Gasteiger partial charge is 0.229 e. The monoisotopic (exact) mass is 280 g/mol. The number of hydrogen-bond acceptors (Lipinski definition) is 6. The summed E-state index contributed by atoms with van der Waals surface area (Å²) in [5, 5.41) is 4.13. The minimum Gasteiger partial charge on any atom is -0.367 e. The van der Waals surface area contributed by atoms with E-state index in [0.29, 0.717) is 11.7 Å². The van der Waals surface area contributed by atoms with Crippen LogP contribution >= 0.6 is 0 Å². The lowest BCUT2D eigenvalue weighted by Gasteiger charge is -2.30. The lowest BCUT2D eigenvalue weighted by Crippen LogP contribution is -2.38. The zero-order valence-corrected chi connectivity index (χ0v) is 12.1. The molecule has 20 heavy (non-hydrogen) atoms. The van der Waals surface area contributed by atoms with Crippen molar-refractivity contribution >= 4 is 0 Å². The molecule has 1 aliphatic carbocycles. The van der Waals surface area contributed by atoms with Gasteiger partial charge in [-0.1, -0.05) is 18.5 Å². The van der Waals surface area contributed by atoms with Crippen molar-refractivity contribution in [3.63, 3.8) is 0 Å². The molecule has 6 heteroatoms. The molecule has 3 atom stereocenters. The van der Waals surface area contributed by atoms with Gasteiger partial charge in [0.05, 0.1) is 6.61 Å². The summed E-state index contributed by atoms with van der Waals surface area (Å²) in [5.41, 5.74) is 6.03. The van der Waals surface area contributed by atoms with Crippen LogP contribution in [0.4, 0.5) is 0 Å². The number of morpholine rings is 1. The molecule has 0 amide bonds. The highest BCUT2D eigenvalue weighted by atomic mass is 16.5. The summed E-state index contributed by atoms with van der Waals surface area (Å²) in [6.07, 6.45) is 4.25. The van der Waals surface area contributed by atoms with Crippen LogP contribution < -0.4 is 5.73 Å². The first-order chi connectivity index (χ1) is 9.76. The van der Waals surface area contributed by atoms with E-state index < -0.39 is 0 Å². The van der Waals surface area contributed by atoms with Gasteiger partial charge in [-0.15, -0.1) is 0 Å². The first-order valence-electron chi connectivity index (χ1n) is 7.69. The van der Waals surface area contributed by atoms with E-state index in [1.165, 1.54) is 0 Å². The van der Waals surface area contributed by atoms with Crippen LogP contribution in [0, 0.1) is 0 Å². The zero-order chi connectivity index (χ0) is 13.9. The molecule has 6 nitrogen and oxygen atoms in total. The third-order valence-electron chi connectivity index (χ3n) is 4.41. The normalized spacial score (nSPS) is 32.4. The third kappa shape index (κ3) is 3.02. The number of hydrogen-bond donors (Lipinski definition) is 1. The summed E-state index contributed by atoms with van der Waals surface area (Å²) in [6, 6.07) is 0.269. The second-order valence-electron chi connectivity index (χ2n) is 5.87. The fourth-order valence-corrected chi connectivity index (χ4v) is 3.14. The van der Waals surface area contributed by atoms with Gasteiger partial charge in [0.1, 0.15) is 6.10 Å². The van der Waals surface area contributed by atoms with Crippen LogP contribution in [0.5, 0.6) is 0 Å². The lowest BCUT2D eigenvalue weighted by molar-refractivity contribution is -0.0334. The quantitative estimate of drug-likeness (QED) is 0.903. The maximum Gasteiger partial charge on any atom is 0.229 e. The minimum absolute atomic E-state index is 0.0570. The minimum atomic E-state index is -0.0570. The second kappa shape index (κ2) is 6.20. The molecule has 0 spiro atoms. The predicted molar refractivity (Wildman–Crippen MR) is 74.3 cm³/mol. The Labute approximate surface area is 119 Å². The fraction of sp³-hybridized carbons (Fsp3) is 0.857.